The van der Waals surface area contributed by atoms with Gasteiger partial charge in [0.2, 0.25) is 0 Å². The number of aromatic nitrogens is 2. The highest BCUT2D eigenvalue weighted by molar-refractivity contribution is 9.08. The third-order valence-corrected chi connectivity index (χ3v) is 5.30. The molecule has 2 N–H and O–H groups in total. The summed E-state index contributed by atoms with van der Waals surface area (Å²) >= 11 is 3.49. The molecule has 2 aromatic carbocycles. The molecule has 0 atom stereocenters. The molecule has 0 spiro atoms. The maximum absolute atomic E-state index is 12.6. The van der Waals surface area contributed by atoms with Gasteiger partial charge in [-0.2, -0.15) is 5.10 Å². The Kier molecular flexibility index (Phi) is 6.42. The van der Waals surface area contributed by atoms with Crippen molar-refractivity contribution < 1.29 is 4.79 Å². The van der Waals surface area contributed by atoms with Crippen LogP contribution in [0.25, 0.3) is 5.69 Å². The number of carbonyl (C=O) groups excluding carboxylic acids is 1. The van der Waals surface area contributed by atoms with E-state index in [0.29, 0.717) is 12.4 Å². The molecule has 0 unspecified atom stereocenters. The molecular weight excluding hydrogens is 428 g/mol. The molecule has 1 heterocycles. The first-order valence-electron chi connectivity index (χ1n) is 9.63. The second-order valence-corrected chi connectivity index (χ2v) is 8.68. The number of halogens is 1. The number of amides is 2. The summed E-state index contributed by atoms with van der Waals surface area (Å²) in [7, 11) is 0. The minimum atomic E-state index is -0.261. The summed E-state index contributed by atoms with van der Waals surface area (Å²) in [4.78, 5) is 12.6. The van der Waals surface area contributed by atoms with Crippen molar-refractivity contribution in [1.82, 2.24) is 15.1 Å². The van der Waals surface area contributed by atoms with Crippen molar-refractivity contribution in [3.8, 4) is 5.69 Å². The average Bonchev–Trinajstić information content (AvgIpc) is 3.11. The second-order valence-electron chi connectivity index (χ2n) is 8.12. The molecule has 3 aromatic rings. The lowest BCUT2D eigenvalue weighted by Gasteiger charge is -2.14. The van der Waals surface area contributed by atoms with Crippen LogP contribution < -0.4 is 10.6 Å². The fourth-order valence-electron chi connectivity index (χ4n) is 2.92. The van der Waals surface area contributed by atoms with Gasteiger partial charge in [-0.1, -0.05) is 78.7 Å². The predicted molar refractivity (Wildman–Crippen MR) is 122 cm³/mol. The number of hydrogen-bond acceptors (Lipinski definition) is 2. The quantitative estimate of drug-likeness (QED) is 0.486. The Balaban J connectivity index is 1.81. The van der Waals surface area contributed by atoms with Gasteiger partial charge in [0, 0.05) is 23.4 Å². The highest BCUT2D eigenvalue weighted by Crippen LogP contribution is 2.26. The van der Waals surface area contributed by atoms with Crippen LogP contribution in [0.4, 0.5) is 10.6 Å². The lowest BCUT2D eigenvalue weighted by molar-refractivity contribution is 0.251. The summed E-state index contributed by atoms with van der Waals surface area (Å²) in [5.41, 5.74) is 5.12. The fourth-order valence-corrected chi connectivity index (χ4v) is 3.46. The molecule has 0 saturated heterocycles. The van der Waals surface area contributed by atoms with E-state index in [9.17, 15) is 4.79 Å². The number of nitrogens with one attached hydrogen (secondary N) is 2. The first-order chi connectivity index (χ1) is 13.8. The summed E-state index contributed by atoms with van der Waals surface area (Å²) in [6, 6.07) is 17.8. The van der Waals surface area contributed by atoms with Gasteiger partial charge in [0.05, 0.1) is 11.4 Å². The first kappa shape index (κ1) is 21.1. The van der Waals surface area contributed by atoms with Gasteiger partial charge in [0.15, 0.2) is 0 Å². The van der Waals surface area contributed by atoms with Crippen LogP contribution >= 0.6 is 15.9 Å². The van der Waals surface area contributed by atoms with Crippen molar-refractivity contribution in [3.63, 3.8) is 0 Å². The van der Waals surface area contributed by atoms with Crippen LogP contribution in [0.1, 0.15) is 43.2 Å². The molecule has 0 radical (unpaired) electrons. The molecule has 1 aromatic heterocycles. The number of carbonyl (C=O) groups is 1. The van der Waals surface area contributed by atoms with Crippen molar-refractivity contribution in [2.75, 3.05) is 5.32 Å². The lowest BCUT2D eigenvalue weighted by Crippen LogP contribution is -2.29. The summed E-state index contributed by atoms with van der Waals surface area (Å²) < 4.78 is 1.78. The third kappa shape index (κ3) is 5.26. The molecule has 29 heavy (non-hydrogen) atoms. The Morgan fingerprint density at radius 1 is 1.07 bits per heavy atom. The van der Waals surface area contributed by atoms with Gasteiger partial charge in [-0.25, -0.2) is 9.48 Å². The average molecular weight is 455 g/mol. The molecule has 3 rings (SSSR count). The van der Waals surface area contributed by atoms with E-state index in [0.717, 1.165) is 27.8 Å². The molecule has 6 heteroatoms. The molecular formula is C23H27BrN4O. The number of benzene rings is 2. The molecule has 2 amide bonds. The monoisotopic (exact) mass is 454 g/mol. The summed E-state index contributed by atoms with van der Waals surface area (Å²) in [6.07, 6.45) is 0. The fraction of sp³-hybridized carbons (Fsp3) is 0.304. The number of anilines is 1. The zero-order chi connectivity index (χ0) is 21.0. The number of alkyl halides is 1. The van der Waals surface area contributed by atoms with Gasteiger partial charge in [0.1, 0.15) is 5.82 Å². The van der Waals surface area contributed by atoms with E-state index in [-0.39, 0.29) is 11.4 Å². The molecule has 0 aliphatic rings. The van der Waals surface area contributed by atoms with E-state index in [1.54, 1.807) is 4.68 Å². The number of rotatable bonds is 5. The molecule has 0 aliphatic carbocycles. The zero-order valence-corrected chi connectivity index (χ0v) is 18.9. The standard InChI is InChI=1S/C23H27BrN4O/c1-16-9-11-19(12-10-16)28-21(13-20(27-28)23(2,3)4)26-22(29)25-15-18-8-6-5-7-17(18)14-24/h5-13H,14-15H2,1-4H3,(H2,25,26,29). The van der Waals surface area contributed by atoms with Crippen LogP contribution in [0.2, 0.25) is 0 Å². The van der Waals surface area contributed by atoms with Crippen molar-refractivity contribution >= 4 is 27.8 Å². The smallest absolute Gasteiger partial charge is 0.320 e. The normalized spacial score (nSPS) is 11.3. The van der Waals surface area contributed by atoms with Crippen LogP contribution in [0.15, 0.2) is 54.6 Å². The highest BCUT2D eigenvalue weighted by Gasteiger charge is 2.21. The molecule has 0 aliphatic heterocycles. The van der Waals surface area contributed by atoms with Crippen molar-refractivity contribution in [3.05, 3.63) is 77.0 Å². The Hall–Kier alpha value is -2.60. The molecule has 0 saturated carbocycles. The zero-order valence-electron chi connectivity index (χ0n) is 17.3. The van der Waals surface area contributed by atoms with Crippen LogP contribution in [0, 0.1) is 6.92 Å². The molecule has 0 fully saturated rings. The van der Waals surface area contributed by atoms with Gasteiger partial charge in [-0.15, -0.1) is 0 Å². The Labute approximate surface area is 180 Å². The van der Waals surface area contributed by atoms with Crippen LogP contribution in [0.5, 0.6) is 0 Å². The van der Waals surface area contributed by atoms with E-state index in [4.69, 9.17) is 5.10 Å². The van der Waals surface area contributed by atoms with Gasteiger partial charge >= 0.3 is 6.03 Å². The minimum absolute atomic E-state index is 0.127. The third-order valence-electron chi connectivity index (χ3n) is 4.70. The lowest BCUT2D eigenvalue weighted by atomic mass is 9.92. The number of nitrogens with zero attached hydrogens (tertiary/aromatic N) is 2. The number of aryl methyl sites for hydroxylation is 1. The van der Waals surface area contributed by atoms with Crippen LogP contribution in [-0.4, -0.2) is 15.8 Å². The SMILES string of the molecule is Cc1ccc(-n2nc(C(C)(C)C)cc2NC(=O)NCc2ccccc2CBr)cc1. The minimum Gasteiger partial charge on any atom is -0.334 e. The first-order valence-corrected chi connectivity index (χ1v) is 10.8. The van der Waals surface area contributed by atoms with E-state index in [1.165, 1.54) is 5.56 Å². The van der Waals surface area contributed by atoms with Crippen molar-refractivity contribution in [2.45, 2.75) is 45.0 Å². The van der Waals surface area contributed by atoms with Gasteiger partial charge in [0.25, 0.3) is 0 Å². The highest BCUT2D eigenvalue weighted by atomic mass is 79.9. The van der Waals surface area contributed by atoms with E-state index in [2.05, 4.69) is 47.3 Å². The second kappa shape index (κ2) is 8.82. The van der Waals surface area contributed by atoms with Crippen molar-refractivity contribution in [1.29, 1.82) is 0 Å². The Morgan fingerprint density at radius 2 is 1.72 bits per heavy atom. The van der Waals surface area contributed by atoms with Crippen molar-refractivity contribution in [2.24, 2.45) is 0 Å². The van der Waals surface area contributed by atoms with Gasteiger partial charge in [-0.05, 0) is 30.2 Å². The summed E-state index contributed by atoms with van der Waals surface area (Å²) in [5, 5.41) is 11.4. The van der Waals surface area contributed by atoms with Gasteiger partial charge in [-0.3, -0.25) is 5.32 Å². The largest absolute Gasteiger partial charge is 0.334 e. The summed E-state index contributed by atoms with van der Waals surface area (Å²) in [6.45, 7) is 8.82. The molecule has 5 nitrogen and oxygen atoms in total. The maximum Gasteiger partial charge on any atom is 0.320 e. The Morgan fingerprint density at radius 3 is 2.34 bits per heavy atom. The Bertz CT molecular complexity index is 987. The number of urea groups is 1. The summed E-state index contributed by atoms with van der Waals surface area (Å²) in [5.74, 6) is 0.644. The topological polar surface area (TPSA) is 59.0 Å². The number of hydrogen-bond donors (Lipinski definition) is 2. The van der Waals surface area contributed by atoms with E-state index in [1.807, 2.05) is 61.5 Å². The van der Waals surface area contributed by atoms with E-state index < -0.39 is 0 Å². The van der Waals surface area contributed by atoms with Gasteiger partial charge < -0.3 is 5.32 Å². The maximum atomic E-state index is 12.6. The molecule has 0 bridgehead atoms. The molecule has 152 valence electrons. The van der Waals surface area contributed by atoms with Crippen LogP contribution in [-0.2, 0) is 17.3 Å². The van der Waals surface area contributed by atoms with E-state index >= 15 is 0 Å². The predicted octanol–water partition coefficient (Wildman–Crippen LogP) is 5.69. The van der Waals surface area contributed by atoms with Crippen LogP contribution in [0.3, 0.4) is 0 Å².